The fourth-order valence-corrected chi connectivity index (χ4v) is 1.85. The lowest BCUT2D eigenvalue weighted by atomic mass is 10.1. The molecule has 1 aromatic carbocycles. The third kappa shape index (κ3) is 2.54. The largest absolute Gasteiger partial charge is 0.309 e. The third-order valence-corrected chi connectivity index (χ3v) is 2.98. The molecule has 1 aromatic rings. The van der Waals surface area contributed by atoms with E-state index in [0.29, 0.717) is 0 Å². The summed E-state index contributed by atoms with van der Waals surface area (Å²) in [6.07, 6.45) is 1.61. The van der Waals surface area contributed by atoms with Gasteiger partial charge in [-0.25, -0.2) is 0 Å². The minimum Gasteiger partial charge on any atom is -0.309 e. The van der Waals surface area contributed by atoms with Gasteiger partial charge in [0, 0.05) is 14.0 Å². The molecule has 19 heavy (non-hydrogen) atoms. The highest BCUT2D eigenvalue weighted by atomic mass is 16.2. The molecule has 1 heterocycles. The molecule has 0 unspecified atom stereocenters. The number of amides is 3. The van der Waals surface area contributed by atoms with E-state index in [1.807, 2.05) is 30.3 Å². The van der Waals surface area contributed by atoms with Crippen LogP contribution < -0.4 is 0 Å². The Labute approximate surface area is 111 Å². The van der Waals surface area contributed by atoms with Crippen molar-refractivity contribution >= 4 is 23.8 Å². The number of piperazine rings is 1. The van der Waals surface area contributed by atoms with Gasteiger partial charge in [-0.2, -0.15) is 0 Å². The maximum absolute atomic E-state index is 12.2. The van der Waals surface area contributed by atoms with Gasteiger partial charge in [0.1, 0.15) is 12.2 Å². The third-order valence-electron chi connectivity index (χ3n) is 2.98. The number of rotatable bonds is 1. The van der Waals surface area contributed by atoms with Gasteiger partial charge < -0.3 is 4.90 Å². The molecule has 1 aliphatic heterocycles. The molecular formula is C14H14N2O3. The second-order valence-corrected chi connectivity index (χ2v) is 4.30. The molecule has 1 aliphatic rings. The van der Waals surface area contributed by atoms with Crippen LogP contribution in [0.25, 0.3) is 6.08 Å². The summed E-state index contributed by atoms with van der Waals surface area (Å²) < 4.78 is 0. The minimum absolute atomic E-state index is 0.198. The van der Waals surface area contributed by atoms with Crippen molar-refractivity contribution in [3.05, 3.63) is 41.6 Å². The average molecular weight is 258 g/mol. The van der Waals surface area contributed by atoms with Crippen molar-refractivity contribution in [2.24, 2.45) is 0 Å². The number of nitrogens with zero attached hydrogens (tertiary/aromatic N) is 2. The summed E-state index contributed by atoms with van der Waals surface area (Å²) in [6, 6.07) is 9.19. The Hall–Kier alpha value is -2.43. The summed E-state index contributed by atoms with van der Waals surface area (Å²) in [5.41, 5.74) is 1.01. The van der Waals surface area contributed by atoms with Crippen LogP contribution in [0, 0.1) is 0 Å². The zero-order valence-corrected chi connectivity index (χ0v) is 10.8. The SMILES string of the molecule is CC(=O)N1CC(=O)N(C)C(=Cc2ccccc2)C1=O. The van der Waals surface area contributed by atoms with E-state index in [-0.39, 0.29) is 18.1 Å². The van der Waals surface area contributed by atoms with E-state index in [0.717, 1.165) is 10.5 Å². The van der Waals surface area contributed by atoms with Crippen LogP contribution in [0.3, 0.4) is 0 Å². The highest BCUT2D eigenvalue weighted by molar-refractivity contribution is 6.12. The van der Waals surface area contributed by atoms with Crippen LogP contribution in [0.15, 0.2) is 36.0 Å². The zero-order chi connectivity index (χ0) is 14.0. The highest BCUT2D eigenvalue weighted by Crippen LogP contribution is 2.17. The molecule has 1 fully saturated rings. The number of hydrogen-bond acceptors (Lipinski definition) is 3. The molecule has 0 bridgehead atoms. The summed E-state index contributed by atoms with van der Waals surface area (Å²) >= 11 is 0. The van der Waals surface area contributed by atoms with Crippen molar-refractivity contribution in [2.45, 2.75) is 6.92 Å². The molecule has 3 amide bonds. The Balaban J connectivity index is 2.41. The van der Waals surface area contributed by atoms with Crippen LogP contribution in [-0.4, -0.2) is 41.1 Å². The quantitative estimate of drug-likeness (QED) is 0.702. The van der Waals surface area contributed by atoms with Gasteiger partial charge in [0.15, 0.2) is 0 Å². The summed E-state index contributed by atoms with van der Waals surface area (Å²) in [7, 11) is 1.53. The number of likely N-dealkylation sites (N-methyl/N-ethyl adjacent to an activating group) is 1. The fraction of sp³-hybridized carbons (Fsp3) is 0.214. The van der Waals surface area contributed by atoms with E-state index < -0.39 is 11.8 Å². The van der Waals surface area contributed by atoms with E-state index in [2.05, 4.69) is 0 Å². The predicted molar refractivity (Wildman–Crippen MR) is 69.6 cm³/mol. The second kappa shape index (κ2) is 5.06. The van der Waals surface area contributed by atoms with Crippen LogP contribution in [-0.2, 0) is 14.4 Å². The Morgan fingerprint density at radius 1 is 1.21 bits per heavy atom. The Kier molecular flexibility index (Phi) is 3.46. The van der Waals surface area contributed by atoms with E-state index in [1.54, 1.807) is 6.08 Å². The first-order valence-corrected chi connectivity index (χ1v) is 5.86. The van der Waals surface area contributed by atoms with Crippen LogP contribution in [0.5, 0.6) is 0 Å². The maximum Gasteiger partial charge on any atom is 0.277 e. The molecule has 0 spiro atoms. The summed E-state index contributed by atoms with van der Waals surface area (Å²) in [4.78, 5) is 37.6. The molecule has 0 radical (unpaired) electrons. The van der Waals surface area contributed by atoms with Crippen molar-refractivity contribution in [2.75, 3.05) is 13.6 Å². The zero-order valence-electron chi connectivity index (χ0n) is 10.8. The fourth-order valence-electron chi connectivity index (χ4n) is 1.85. The minimum atomic E-state index is -0.446. The molecule has 0 saturated carbocycles. The molecule has 2 rings (SSSR count). The lowest BCUT2D eigenvalue weighted by Gasteiger charge is -2.31. The first-order valence-electron chi connectivity index (χ1n) is 5.86. The van der Waals surface area contributed by atoms with Gasteiger partial charge in [0.05, 0.1) is 0 Å². The molecule has 0 atom stereocenters. The molecule has 0 aromatic heterocycles. The van der Waals surface area contributed by atoms with Crippen LogP contribution in [0.2, 0.25) is 0 Å². The van der Waals surface area contributed by atoms with Gasteiger partial charge in [0.25, 0.3) is 5.91 Å². The molecule has 0 aliphatic carbocycles. The molecular weight excluding hydrogens is 244 g/mol. The van der Waals surface area contributed by atoms with Gasteiger partial charge in [-0.05, 0) is 11.6 Å². The molecule has 5 heteroatoms. The van der Waals surface area contributed by atoms with Crippen molar-refractivity contribution in [3.63, 3.8) is 0 Å². The summed E-state index contributed by atoms with van der Waals surface area (Å²) in [5, 5.41) is 0. The van der Waals surface area contributed by atoms with Crippen LogP contribution in [0.4, 0.5) is 0 Å². The Bertz CT molecular complexity index is 563. The lowest BCUT2D eigenvalue weighted by Crippen LogP contribution is -2.52. The van der Waals surface area contributed by atoms with Crippen molar-refractivity contribution in [1.82, 2.24) is 9.80 Å². The smallest absolute Gasteiger partial charge is 0.277 e. The van der Waals surface area contributed by atoms with Crippen molar-refractivity contribution < 1.29 is 14.4 Å². The standard InChI is InChI=1S/C14H14N2O3/c1-10(17)16-9-13(18)15(2)12(14(16)19)8-11-6-4-3-5-7-11/h3-8H,9H2,1-2H3. The molecule has 0 N–H and O–H groups in total. The van der Waals surface area contributed by atoms with E-state index in [1.165, 1.54) is 18.9 Å². The van der Waals surface area contributed by atoms with Gasteiger partial charge >= 0.3 is 0 Å². The average Bonchev–Trinajstić information content (AvgIpc) is 2.40. The van der Waals surface area contributed by atoms with Gasteiger partial charge in [-0.15, -0.1) is 0 Å². The summed E-state index contributed by atoms with van der Waals surface area (Å²) in [6.45, 7) is 1.08. The normalized spacial score (nSPS) is 18.1. The number of carbonyl (C=O) groups excluding carboxylic acids is 3. The topological polar surface area (TPSA) is 57.7 Å². The van der Waals surface area contributed by atoms with Crippen LogP contribution >= 0.6 is 0 Å². The molecule has 1 saturated heterocycles. The van der Waals surface area contributed by atoms with Gasteiger partial charge in [-0.3, -0.25) is 19.3 Å². The molecule has 98 valence electrons. The van der Waals surface area contributed by atoms with Gasteiger partial charge in [0.2, 0.25) is 11.8 Å². The monoisotopic (exact) mass is 258 g/mol. The first-order chi connectivity index (χ1) is 9.00. The predicted octanol–water partition coefficient (Wildman–Crippen LogP) is 0.875. The summed E-state index contributed by atoms with van der Waals surface area (Å²) in [5.74, 6) is -1.15. The Morgan fingerprint density at radius 3 is 2.42 bits per heavy atom. The first kappa shape index (κ1) is 13.0. The Morgan fingerprint density at radius 2 is 1.84 bits per heavy atom. The van der Waals surface area contributed by atoms with E-state index in [4.69, 9.17) is 0 Å². The molecule has 5 nitrogen and oxygen atoms in total. The van der Waals surface area contributed by atoms with E-state index in [9.17, 15) is 14.4 Å². The van der Waals surface area contributed by atoms with Gasteiger partial charge in [-0.1, -0.05) is 30.3 Å². The lowest BCUT2D eigenvalue weighted by molar-refractivity contribution is -0.151. The van der Waals surface area contributed by atoms with Crippen LogP contribution in [0.1, 0.15) is 12.5 Å². The second-order valence-electron chi connectivity index (χ2n) is 4.30. The number of benzene rings is 1. The van der Waals surface area contributed by atoms with Crippen molar-refractivity contribution in [3.8, 4) is 0 Å². The maximum atomic E-state index is 12.2. The highest BCUT2D eigenvalue weighted by Gasteiger charge is 2.34. The number of imide groups is 1. The number of carbonyl (C=O) groups is 3. The number of hydrogen-bond donors (Lipinski definition) is 0. The van der Waals surface area contributed by atoms with Crippen molar-refractivity contribution in [1.29, 1.82) is 0 Å². The van der Waals surface area contributed by atoms with E-state index >= 15 is 0 Å².